The van der Waals surface area contributed by atoms with Crippen molar-refractivity contribution in [1.29, 1.82) is 0 Å². The summed E-state index contributed by atoms with van der Waals surface area (Å²) in [7, 11) is -3.40. The summed E-state index contributed by atoms with van der Waals surface area (Å²) in [6, 6.07) is 10.4. The van der Waals surface area contributed by atoms with Crippen molar-refractivity contribution in [2.45, 2.75) is 4.90 Å². The highest BCUT2D eigenvalue weighted by molar-refractivity contribution is 7.95. The molecule has 2 aromatic rings. The fourth-order valence-electron chi connectivity index (χ4n) is 1.94. The number of pyridine rings is 1. The summed E-state index contributed by atoms with van der Waals surface area (Å²) < 4.78 is 29.9. The van der Waals surface area contributed by atoms with E-state index in [0.29, 0.717) is 16.2 Å². The Labute approximate surface area is 111 Å². The van der Waals surface area contributed by atoms with Gasteiger partial charge in [0.25, 0.3) is 0 Å². The van der Waals surface area contributed by atoms with Crippen LogP contribution < -0.4 is 4.74 Å². The molecule has 0 atom stereocenters. The van der Waals surface area contributed by atoms with Gasteiger partial charge >= 0.3 is 0 Å². The molecule has 1 aliphatic rings. The van der Waals surface area contributed by atoms with Crippen LogP contribution >= 0.6 is 0 Å². The van der Waals surface area contributed by atoms with Gasteiger partial charge in [0, 0.05) is 6.20 Å². The van der Waals surface area contributed by atoms with Gasteiger partial charge in [-0.15, -0.1) is 0 Å². The summed E-state index contributed by atoms with van der Waals surface area (Å²) >= 11 is 0. The Balaban J connectivity index is 1.85. The van der Waals surface area contributed by atoms with Crippen molar-refractivity contribution in [3.8, 4) is 5.75 Å². The van der Waals surface area contributed by atoms with E-state index < -0.39 is 9.84 Å². The second-order valence-electron chi connectivity index (χ2n) is 4.13. The van der Waals surface area contributed by atoms with Crippen molar-refractivity contribution in [2.75, 3.05) is 6.61 Å². The van der Waals surface area contributed by atoms with Crippen molar-refractivity contribution in [2.24, 2.45) is 0 Å². The molecule has 0 spiro atoms. The average molecular weight is 273 g/mol. The topological polar surface area (TPSA) is 56.3 Å². The number of ether oxygens (including phenoxy) is 1. The van der Waals surface area contributed by atoms with Gasteiger partial charge in [-0.3, -0.25) is 4.98 Å². The number of rotatable bonds is 3. The third-order valence-electron chi connectivity index (χ3n) is 2.89. The van der Waals surface area contributed by atoms with Crippen LogP contribution in [0.3, 0.4) is 0 Å². The third-order valence-corrected chi connectivity index (χ3v) is 4.76. The molecule has 0 aliphatic carbocycles. The maximum atomic E-state index is 12.2. The molecule has 0 saturated heterocycles. The molecule has 0 radical (unpaired) electrons. The van der Waals surface area contributed by atoms with E-state index in [9.17, 15) is 8.42 Å². The van der Waals surface area contributed by atoms with Gasteiger partial charge in [0.15, 0.2) is 0 Å². The molecule has 0 fully saturated rings. The monoisotopic (exact) mass is 273 g/mol. The predicted molar refractivity (Wildman–Crippen MR) is 71.3 cm³/mol. The van der Waals surface area contributed by atoms with Gasteiger partial charge < -0.3 is 4.74 Å². The van der Waals surface area contributed by atoms with Crippen LogP contribution in [-0.2, 0) is 9.84 Å². The lowest BCUT2D eigenvalue weighted by Crippen LogP contribution is -2.08. The predicted octanol–water partition coefficient (Wildman–Crippen LogP) is 2.29. The van der Waals surface area contributed by atoms with Crippen LogP contribution in [0.25, 0.3) is 6.08 Å². The molecule has 0 amide bonds. The van der Waals surface area contributed by atoms with Crippen LogP contribution in [-0.4, -0.2) is 20.0 Å². The molecule has 1 aromatic heterocycles. The highest BCUT2D eigenvalue weighted by atomic mass is 32.2. The molecule has 5 heteroatoms. The number of aromatic nitrogens is 1. The van der Waals surface area contributed by atoms with E-state index in [1.807, 2.05) is 6.07 Å². The van der Waals surface area contributed by atoms with E-state index in [1.54, 1.807) is 48.8 Å². The van der Waals surface area contributed by atoms with Crippen LogP contribution in [0.4, 0.5) is 0 Å². The van der Waals surface area contributed by atoms with E-state index in [0.717, 1.165) is 0 Å². The second-order valence-corrected chi connectivity index (χ2v) is 6.10. The first kappa shape index (κ1) is 11.9. The van der Waals surface area contributed by atoms with Crippen molar-refractivity contribution in [1.82, 2.24) is 4.98 Å². The molecule has 3 rings (SSSR count). The van der Waals surface area contributed by atoms with E-state index in [4.69, 9.17) is 4.74 Å². The minimum atomic E-state index is -3.40. The molecule has 19 heavy (non-hydrogen) atoms. The molecule has 0 bridgehead atoms. The van der Waals surface area contributed by atoms with Crippen molar-refractivity contribution in [3.63, 3.8) is 0 Å². The van der Waals surface area contributed by atoms with Gasteiger partial charge in [-0.25, -0.2) is 8.42 Å². The molecule has 0 N–H and O–H groups in total. The molecule has 96 valence electrons. The number of hydrogen-bond acceptors (Lipinski definition) is 4. The minimum absolute atomic E-state index is 0.0166. The molecule has 2 heterocycles. The zero-order valence-corrected chi connectivity index (χ0v) is 10.8. The maximum absolute atomic E-state index is 12.2. The number of fused-ring (bicyclic) bond motifs is 1. The van der Waals surface area contributed by atoms with Crippen molar-refractivity contribution in [3.05, 3.63) is 59.3 Å². The second kappa shape index (κ2) is 4.51. The van der Waals surface area contributed by atoms with Crippen LogP contribution in [0.1, 0.15) is 5.56 Å². The fraction of sp³-hybridized carbons (Fsp3) is 0.0714. The van der Waals surface area contributed by atoms with Crippen LogP contribution in [0.15, 0.2) is 58.6 Å². The summed E-state index contributed by atoms with van der Waals surface area (Å²) in [5.41, 5.74) is 0.715. The first-order valence-electron chi connectivity index (χ1n) is 5.75. The molecule has 4 nitrogen and oxygen atoms in total. The summed E-state index contributed by atoms with van der Waals surface area (Å²) in [5, 5.41) is 0. The molecule has 0 unspecified atom stereocenters. The first-order chi connectivity index (χ1) is 9.18. The van der Waals surface area contributed by atoms with Gasteiger partial charge in [0.05, 0.1) is 16.0 Å². The summed E-state index contributed by atoms with van der Waals surface area (Å²) in [6.07, 6.45) is 4.84. The Kier molecular flexibility index (Phi) is 2.83. The zero-order valence-electron chi connectivity index (χ0n) is 9.98. The van der Waals surface area contributed by atoms with E-state index in [2.05, 4.69) is 4.98 Å². The standard InChI is InChI=1S/C14H11NO3S/c16-19(17)13(8-11-4-1-2-6-14(11)19)10-18-12-5-3-7-15-9-12/h1-9H,10H2. The van der Waals surface area contributed by atoms with Crippen molar-refractivity contribution >= 4 is 15.9 Å². The van der Waals surface area contributed by atoms with E-state index >= 15 is 0 Å². The quantitative estimate of drug-likeness (QED) is 0.861. The Morgan fingerprint density at radius 3 is 2.68 bits per heavy atom. The number of hydrogen-bond donors (Lipinski definition) is 0. The Morgan fingerprint density at radius 1 is 1.11 bits per heavy atom. The van der Waals surface area contributed by atoms with Crippen LogP contribution in [0, 0.1) is 0 Å². The lowest BCUT2D eigenvalue weighted by atomic mass is 10.2. The maximum Gasteiger partial charge on any atom is 0.206 e. The lowest BCUT2D eigenvalue weighted by Gasteiger charge is -2.06. The summed E-state index contributed by atoms with van der Waals surface area (Å²) in [6.45, 7) is 0.0166. The molecule has 1 aliphatic heterocycles. The minimum Gasteiger partial charge on any atom is -0.487 e. The third kappa shape index (κ3) is 2.13. The summed E-state index contributed by atoms with van der Waals surface area (Å²) in [5.74, 6) is 0.551. The normalized spacial score (nSPS) is 15.7. The number of sulfone groups is 1. The molecular weight excluding hydrogens is 262 g/mol. The SMILES string of the molecule is O=S1(=O)C(COc2cccnc2)=Cc2ccccc21. The highest BCUT2D eigenvalue weighted by Gasteiger charge is 2.29. The Hall–Kier alpha value is -2.14. The van der Waals surface area contributed by atoms with Gasteiger partial charge in [-0.1, -0.05) is 18.2 Å². The number of nitrogens with zero attached hydrogens (tertiary/aromatic N) is 1. The average Bonchev–Trinajstić information content (AvgIpc) is 2.70. The van der Waals surface area contributed by atoms with Crippen LogP contribution in [0.5, 0.6) is 5.75 Å². The van der Waals surface area contributed by atoms with Crippen LogP contribution in [0.2, 0.25) is 0 Å². The Morgan fingerprint density at radius 2 is 1.95 bits per heavy atom. The molecule has 0 saturated carbocycles. The Bertz CT molecular complexity index is 736. The van der Waals surface area contributed by atoms with Gasteiger partial charge in [-0.05, 0) is 29.8 Å². The number of benzene rings is 1. The van der Waals surface area contributed by atoms with E-state index in [1.165, 1.54) is 0 Å². The lowest BCUT2D eigenvalue weighted by molar-refractivity contribution is 0.357. The smallest absolute Gasteiger partial charge is 0.206 e. The molecular formula is C14H11NO3S. The largest absolute Gasteiger partial charge is 0.487 e. The fourth-order valence-corrected chi connectivity index (χ4v) is 3.42. The summed E-state index contributed by atoms with van der Waals surface area (Å²) in [4.78, 5) is 4.53. The van der Waals surface area contributed by atoms with Gasteiger partial charge in [-0.2, -0.15) is 0 Å². The van der Waals surface area contributed by atoms with E-state index in [-0.39, 0.29) is 11.5 Å². The van der Waals surface area contributed by atoms with Gasteiger partial charge in [0.1, 0.15) is 12.4 Å². The first-order valence-corrected chi connectivity index (χ1v) is 7.24. The molecule has 1 aromatic carbocycles. The zero-order chi connectivity index (χ0) is 13.3. The van der Waals surface area contributed by atoms with Gasteiger partial charge in [0.2, 0.25) is 9.84 Å². The highest BCUT2D eigenvalue weighted by Crippen LogP contribution is 2.32. The van der Waals surface area contributed by atoms with Crippen molar-refractivity contribution < 1.29 is 13.2 Å².